The Morgan fingerprint density at radius 3 is 2.58 bits per heavy atom. The number of amides is 2. The van der Waals surface area contributed by atoms with E-state index in [1.165, 1.54) is 19.2 Å². The molecule has 26 heavy (non-hydrogen) atoms. The van der Waals surface area contributed by atoms with Crippen LogP contribution < -0.4 is 10.9 Å². The number of ether oxygens (including phenoxy) is 1. The van der Waals surface area contributed by atoms with Gasteiger partial charge in [-0.05, 0) is 24.3 Å². The summed E-state index contributed by atoms with van der Waals surface area (Å²) in [4.78, 5) is 24.9. The van der Waals surface area contributed by atoms with E-state index in [4.69, 9.17) is 16.3 Å². The van der Waals surface area contributed by atoms with Gasteiger partial charge in [-0.25, -0.2) is 4.39 Å². The number of nitrogens with one attached hydrogen (secondary N) is 2. The molecule has 1 heterocycles. The standard InChI is InChI=1S/C18H14ClFN2O3S/c1-25-9-11-15-13(20)7-4-8-14(15)26-16(11)18(24)22-21-17(23)10-5-2-3-6-12(10)19/h2-8H,9H2,1H3,(H,21,23)(H,22,24). The molecule has 0 fully saturated rings. The van der Waals surface area contributed by atoms with E-state index in [1.54, 1.807) is 30.3 Å². The molecule has 3 rings (SSSR count). The molecule has 0 saturated heterocycles. The molecule has 0 aliphatic rings. The minimum atomic E-state index is -0.557. The van der Waals surface area contributed by atoms with Crippen LogP contribution in [0.15, 0.2) is 42.5 Å². The number of benzene rings is 2. The lowest BCUT2D eigenvalue weighted by molar-refractivity contribution is 0.0847. The summed E-state index contributed by atoms with van der Waals surface area (Å²) in [5.41, 5.74) is 5.32. The molecule has 5 nitrogen and oxygen atoms in total. The van der Waals surface area contributed by atoms with Gasteiger partial charge in [0.1, 0.15) is 10.7 Å². The van der Waals surface area contributed by atoms with Crippen LogP contribution in [0.5, 0.6) is 0 Å². The normalized spacial score (nSPS) is 10.7. The molecule has 0 atom stereocenters. The van der Waals surface area contributed by atoms with Crippen molar-refractivity contribution in [1.82, 2.24) is 10.9 Å². The van der Waals surface area contributed by atoms with Crippen LogP contribution in [-0.4, -0.2) is 18.9 Å². The summed E-state index contributed by atoms with van der Waals surface area (Å²) in [5.74, 6) is -1.53. The lowest BCUT2D eigenvalue weighted by atomic mass is 10.1. The molecular weight excluding hydrogens is 379 g/mol. The molecule has 0 radical (unpaired) electrons. The molecule has 0 bridgehead atoms. The van der Waals surface area contributed by atoms with Crippen molar-refractivity contribution >= 4 is 44.8 Å². The first-order chi connectivity index (χ1) is 12.5. The van der Waals surface area contributed by atoms with Gasteiger partial charge in [0, 0.05) is 22.8 Å². The number of rotatable bonds is 4. The smallest absolute Gasteiger partial charge is 0.280 e. The average molecular weight is 393 g/mol. The number of hydrazine groups is 1. The second kappa shape index (κ2) is 7.82. The highest BCUT2D eigenvalue weighted by atomic mass is 35.5. The van der Waals surface area contributed by atoms with Gasteiger partial charge in [0.15, 0.2) is 0 Å². The topological polar surface area (TPSA) is 67.4 Å². The maximum absolute atomic E-state index is 14.2. The predicted molar refractivity (Wildman–Crippen MR) is 98.9 cm³/mol. The SMILES string of the molecule is COCc1c(C(=O)NNC(=O)c2ccccc2Cl)sc2cccc(F)c12. The van der Waals surface area contributed by atoms with Gasteiger partial charge >= 0.3 is 0 Å². The molecule has 2 aromatic carbocycles. The van der Waals surface area contributed by atoms with Crippen LogP contribution in [0.1, 0.15) is 25.6 Å². The quantitative estimate of drug-likeness (QED) is 0.661. The summed E-state index contributed by atoms with van der Waals surface area (Å²) in [6, 6.07) is 11.1. The fourth-order valence-corrected chi connectivity index (χ4v) is 3.85. The van der Waals surface area contributed by atoms with Crippen LogP contribution in [0.4, 0.5) is 4.39 Å². The van der Waals surface area contributed by atoms with Gasteiger partial charge in [0.2, 0.25) is 0 Å². The lowest BCUT2D eigenvalue weighted by Crippen LogP contribution is -2.41. The summed E-state index contributed by atoms with van der Waals surface area (Å²) < 4.78 is 19.9. The number of carbonyl (C=O) groups excluding carboxylic acids is 2. The number of hydrogen-bond donors (Lipinski definition) is 2. The molecule has 0 saturated carbocycles. The van der Waals surface area contributed by atoms with E-state index in [2.05, 4.69) is 10.9 Å². The van der Waals surface area contributed by atoms with E-state index in [0.29, 0.717) is 15.6 Å². The second-order valence-corrected chi connectivity index (χ2v) is 6.80. The first-order valence-corrected chi connectivity index (χ1v) is 8.76. The van der Waals surface area contributed by atoms with Crippen LogP contribution in [0.3, 0.4) is 0 Å². The van der Waals surface area contributed by atoms with E-state index in [-0.39, 0.29) is 22.1 Å². The van der Waals surface area contributed by atoms with Gasteiger partial charge in [0.05, 0.1) is 17.2 Å². The number of halogens is 2. The molecule has 8 heteroatoms. The fraction of sp³-hybridized carbons (Fsp3) is 0.111. The Kier molecular flexibility index (Phi) is 5.51. The zero-order chi connectivity index (χ0) is 18.7. The number of fused-ring (bicyclic) bond motifs is 1. The van der Waals surface area contributed by atoms with Gasteiger partial charge < -0.3 is 4.74 Å². The number of thiophene rings is 1. The summed E-state index contributed by atoms with van der Waals surface area (Å²) >= 11 is 7.09. The van der Waals surface area contributed by atoms with Gasteiger partial charge in [-0.1, -0.05) is 29.8 Å². The van der Waals surface area contributed by atoms with Crippen molar-refractivity contribution in [2.24, 2.45) is 0 Å². The van der Waals surface area contributed by atoms with E-state index in [0.717, 1.165) is 11.3 Å². The average Bonchev–Trinajstić information content (AvgIpc) is 3.00. The Labute approximate surface area is 157 Å². The van der Waals surface area contributed by atoms with Crippen LogP contribution >= 0.6 is 22.9 Å². The highest BCUT2D eigenvalue weighted by Crippen LogP contribution is 2.33. The maximum Gasteiger partial charge on any atom is 0.280 e. The van der Waals surface area contributed by atoms with E-state index in [1.807, 2.05) is 0 Å². The molecule has 0 unspecified atom stereocenters. The van der Waals surface area contributed by atoms with Gasteiger partial charge in [-0.3, -0.25) is 20.4 Å². The molecule has 2 N–H and O–H groups in total. The van der Waals surface area contributed by atoms with Gasteiger partial charge in [0.25, 0.3) is 11.8 Å². The van der Waals surface area contributed by atoms with E-state index in [9.17, 15) is 14.0 Å². The van der Waals surface area contributed by atoms with Crippen molar-refractivity contribution < 1.29 is 18.7 Å². The summed E-state index contributed by atoms with van der Waals surface area (Å²) in [7, 11) is 1.46. The maximum atomic E-state index is 14.2. The van der Waals surface area contributed by atoms with Crippen molar-refractivity contribution in [2.75, 3.05) is 7.11 Å². The molecule has 0 spiro atoms. The molecule has 134 valence electrons. The number of carbonyl (C=O) groups is 2. The van der Waals surface area contributed by atoms with Crippen LogP contribution in [0.2, 0.25) is 5.02 Å². The molecule has 2 amide bonds. The molecule has 0 aliphatic carbocycles. The summed E-state index contributed by atoms with van der Waals surface area (Å²) in [6.07, 6.45) is 0. The Hall–Kier alpha value is -2.48. The highest BCUT2D eigenvalue weighted by molar-refractivity contribution is 7.21. The van der Waals surface area contributed by atoms with Crippen molar-refractivity contribution in [2.45, 2.75) is 6.61 Å². The highest BCUT2D eigenvalue weighted by Gasteiger charge is 2.21. The molecular formula is C18H14ClFN2O3S. The Morgan fingerprint density at radius 2 is 1.85 bits per heavy atom. The molecule has 1 aromatic heterocycles. The first-order valence-electron chi connectivity index (χ1n) is 7.57. The summed E-state index contributed by atoms with van der Waals surface area (Å²) in [5, 5.41) is 0.616. The third kappa shape index (κ3) is 3.55. The van der Waals surface area contributed by atoms with Crippen molar-refractivity contribution in [3.05, 3.63) is 69.3 Å². The Bertz CT molecular complexity index is 990. The molecule has 3 aromatic rings. The molecule has 0 aliphatic heterocycles. The Balaban J connectivity index is 1.84. The Morgan fingerprint density at radius 1 is 1.12 bits per heavy atom. The minimum Gasteiger partial charge on any atom is -0.380 e. The zero-order valence-corrected chi connectivity index (χ0v) is 15.2. The predicted octanol–water partition coefficient (Wildman–Crippen LogP) is 3.92. The lowest BCUT2D eigenvalue weighted by Gasteiger charge is -2.09. The van der Waals surface area contributed by atoms with Crippen LogP contribution in [-0.2, 0) is 11.3 Å². The number of hydrogen-bond acceptors (Lipinski definition) is 4. The van der Waals surface area contributed by atoms with E-state index < -0.39 is 17.6 Å². The van der Waals surface area contributed by atoms with Crippen LogP contribution in [0.25, 0.3) is 10.1 Å². The largest absolute Gasteiger partial charge is 0.380 e. The van der Waals surface area contributed by atoms with Crippen molar-refractivity contribution in [3.8, 4) is 0 Å². The monoisotopic (exact) mass is 392 g/mol. The number of methoxy groups -OCH3 is 1. The summed E-state index contributed by atoms with van der Waals surface area (Å²) in [6.45, 7) is 0.0716. The van der Waals surface area contributed by atoms with Crippen LogP contribution in [0, 0.1) is 5.82 Å². The van der Waals surface area contributed by atoms with E-state index >= 15 is 0 Å². The third-order valence-corrected chi connectivity index (χ3v) is 5.19. The van der Waals surface area contributed by atoms with Gasteiger partial charge in [-0.15, -0.1) is 11.3 Å². The third-order valence-electron chi connectivity index (χ3n) is 3.67. The minimum absolute atomic E-state index is 0.0716. The first kappa shape index (κ1) is 18.3. The van der Waals surface area contributed by atoms with Crippen molar-refractivity contribution in [1.29, 1.82) is 0 Å². The van der Waals surface area contributed by atoms with Crippen molar-refractivity contribution in [3.63, 3.8) is 0 Å². The fourth-order valence-electron chi connectivity index (χ4n) is 2.52. The zero-order valence-electron chi connectivity index (χ0n) is 13.6. The second-order valence-electron chi connectivity index (χ2n) is 5.34. The van der Waals surface area contributed by atoms with Gasteiger partial charge in [-0.2, -0.15) is 0 Å².